The van der Waals surface area contributed by atoms with Gasteiger partial charge in [0.15, 0.2) is 0 Å². The maximum absolute atomic E-state index is 5.05. The van der Waals surface area contributed by atoms with Crippen LogP contribution in [-0.2, 0) is 0 Å². The fourth-order valence-electron chi connectivity index (χ4n) is 0.758. The molecule has 1 nitrogen and oxygen atoms in total. The van der Waals surface area contributed by atoms with Gasteiger partial charge in [0.1, 0.15) is 5.75 Å². The van der Waals surface area contributed by atoms with E-state index < -0.39 is 0 Å². The van der Waals surface area contributed by atoms with Crippen LogP contribution in [0.5, 0.6) is 5.75 Å². The summed E-state index contributed by atoms with van der Waals surface area (Å²) in [7, 11) is 1.64. The van der Waals surface area contributed by atoms with Crippen molar-refractivity contribution in [2.24, 2.45) is 0 Å². The first-order valence-electron chi connectivity index (χ1n) is 3.18. The van der Waals surface area contributed by atoms with E-state index in [-0.39, 0.29) is 0 Å². The summed E-state index contributed by atoms with van der Waals surface area (Å²) in [6.45, 7) is 2.01. The number of rotatable bonds is 1. The number of hydrogen-bond acceptors (Lipinski definition) is 2. The van der Waals surface area contributed by atoms with Crippen molar-refractivity contribution in [3.63, 3.8) is 0 Å². The molecule has 0 spiro atoms. The van der Waals surface area contributed by atoms with E-state index in [2.05, 4.69) is 28.6 Å². The molecule has 0 aliphatic carbocycles. The van der Waals surface area contributed by atoms with Crippen molar-refractivity contribution < 1.29 is 4.74 Å². The van der Waals surface area contributed by atoms with Gasteiger partial charge in [-0.05, 0) is 24.6 Å². The Morgan fingerprint density at radius 1 is 1.45 bits per heavy atom. The van der Waals surface area contributed by atoms with Crippen molar-refractivity contribution in [3.8, 4) is 5.75 Å². The van der Waals surface area contributed by atoms with Gasteiger partial charge in [-0.3, -0.25) is 0 Å². The third-order valence-corrected chi connectivity index (χ3v) is 2.81. The number of hydrogen-bond donors (Lipinski definition) is 1. The van der Waals surface area contributed by atoms with Gasteiger partial charge in [-0.25, -0.2) is 0 Å². The monoisotopic (exact) mass is 232 g/mol. The summed E-state index contributed by atoms with van der Waals surface area (Å²) in [5.41, 5.74) is 1.13. The Balaban J connectivity index is 3.21. The van der Waals surface area contributed by atoms with Gasteiger partial charge in [-0.15, -0.1) is 12.6 Å². The molecule has 60 valence electrons. The van der Waals surface area contributed by atoms with Crippen molar-refractivity contribution in [3.05, 3.63) is 22.2 Å². The molecule has 0 aromatic heterocycles. The molecule has 0 heterocycles. The number of ether oxygens (including phenoxy) is 1. The van der Waals surface area contributed by atoms with Crippen LogP contribution in [0.1, 0.15) is 5.56 Å². The second kappa shape index (κ2) is 3.50. The summed E-state index contributed by atoms with van der Waals surface area (Å²) in [6, 6.07) is 3.82. The zero-order chi connectivity index (χ0) is 8.43. The van der Waals surface area contributed by atoms with Crippen LogP contribution in [-0.4, -0.2) is 7.11 Å². The number of thiol groups is 1. The topological polar surface area (TPSA) is 9.23 Å². The fraction of sp³-hybridized carbons (Fsp3) is 0.250. The molecule has 0 amide bonds. The van der Waals surface area contributed by atoms with E-state index in [0.717, 1.165) is 20.7 Å². The lowest BCUT2D eigenvalue weighted by Gasteiger charge is -2.05. The second-order valence-electron chi connectivity index (χ2n) is 2.25. The maximum atomic E-state index is 5.05. The molecule has 0 unspecified atom stereocenters. The molecule has 0 N–H and O–H groups in total. The fourth-order valence-corrected chi connectivity index (χ4v) is 1.60. The van der Waals surface area contributed by atoms with Crippen molar-refractivity contribution in [1.29, 1.82) is 0 Å². The molecule has 0 fully saturated rings. The molecule has 1 aromatic carbocycles. The normalized spacial score (nSPS) is 9.82. The Labute approximate surface area is 80.3 Å². The molecule has 0 aliphatic heterocycles. The zero-order valence-corrected chi connectivity index (χ0v) is 8.87. The summed E-state index contributed by atoms with van der Waals surface area (Å²) >= 11 is 7.69. The third kappa shape index (κ3) is 1.91. The minimum Gasteiger partial charge on any atom is -0.497 e. The molecule has 1 aromatic rings. The highest BCUT2D eigenvalue weighted by atomic mass is 79.9. The average molecular weight is 233 g/mol. The van der Waals surface area contributed by atoms with Gasteiger partial charge in [0.05, 0.1) is 7.11 Å². The van der Waals surface area contributed by atoms with E-state index in [1.165, 1.54) is 0 Å². The predicted octanol–water partition coefficient (Wildman–Crippen LogP) is 3.05. The van der Waals surface area contributed by atoms with Crippen LogP contribution in [0.2, 0.25) is 0 Å². The Kier molecular flexibility index (Phi) is 2.84. The Morgan fingerprint density at radius 2 is 2.09 bits per heavy atom. The first kappa shape index (κ1) is 8.94. The van der Waals surface area contributed by atoms with Gasteiger partial charge < -0.3 is 4.74 Å². The number of halogens is 1. The van der Waals surface area contributed by atoms with E-state index in [9.17, 15) is 0 Å². The van der Waals surface area contributed by atoms with E-state index in [1.807, 2.05) is 19.1 Å². The smallest absolute Gasteiger partial charge is 0.121 e. The van der Waals surface area contributed by atoms with Gasteiger partial charge in [-0.2, -0.15) is 0 Å². The summed E-state index contributed by atoms with van der Waals surface area (Å²) in [5.74, 6) is 0.826. The molecule has 0 saturated carbocycles. The molecule has 0 atom stereocenters. The quantitative estimate of drug-likeness (QED) is 0.733. The van der Waals surface area contributed by atoms with Gasteiger partial charge in [-0.1, -0.05) is 15.9 Å². The van der Waals surface area contributed by atoms with Gasteiger partial charge >= 0.3 is 0 Å². The van der Waals surface area contributed by atoms with Crippen LogP contribution in [0.3, 0.4) is 0 Å². The first-order valence-corrected chi connectivity index (χ1v) is 4.42. The maximum Gasteiger partial charge on any atom is 0.121 e. The molecular formula is C8H9BrOS. The van der Waals surface area contributed by atoms with Crippen LogP contribution < -0.4 is 4.74 Å². The van der Waals surface area contributed by atoms with Crippen LogP contribution in [0.25, 0.3) is 0 Å². The lowest BCUT2D eigenvalue weighted by molar-refractivity contribution is 0.413. The van der Waals surface area contributed by atoms with Crippen LogP contribution in [0, 0.1) is 6.92 Å². The molecule has 3 heteroatoms. The Hall–Kier alpha value is -0.150. The zero-order valence-electron chi connectivity index (χ0n) is 6.39. The summed E-state index contributed by atoms with van der Waals surface area (Å²) in [5, 5.41) is 0. The van der Waals surface area contributed by atoms with E-state index in [1.54, 1.807) is 7.11 Å². The Morgan fingerprint density at radius 3 is 2.55 bits per heavy atom. The van der Waals surface area contributed by atoms with E-state index in [4.69, 9.17) is 4.74 Å². The highest BCUT2D eigenvalue weighted by Gasteiger charge is 2.01. The number of methoxy groups -OCH3 is 1. The third-order valence-electron chi connectivity index (χ3n) is 1.53. The van der Waals surface area contributed by atoms with Crippen molar-refractivity contribution >= 4 is 28.6 Å². The molecular weight excluding hydrogens is 224 g/mol. The molecule has 11 heavy (non-hydrogen) atoms. The Bertz CT molecular complexity index is 250. The highest BCUT2D eigenvalue weighted by molar-refractivity contribution is 9.10. The first-order chi connectivity index (χ1) is 5.15. The van der Waals surface area contributed by atoms with Gasteiger partial charge in [0, 0.05) is 9.37 Å². The largest absolute Gasteiger partial charge is 0.497 e. The molecule has 0 aliphatic rings. The van der Waals surface area contributed by atoms with Crippen LogP contribution in [0.4, 0.5) is 0 Å². The SMILES string of the molecule is COc1cc(S)c(C)c(Br)c1. The van der Waals surface area contributed by atoms with Gasteiger partial charge in [0.25, 0.3) is 0 Å². The van der Waals surface area contributed by atoms with Crippen LogP contribution in [0.15, 0.2) is 21.5 Å². The summed E-state index contributed by atoms with van der Waals surface area (Å²) < 4.78 is 6.08. The minimum absolute atomic E-state index is 0.826. The average Bonchev–Trinajstić information content (AvgIpc) is 1.99. The molecule has 0 bridgehead atoms. The van der Waals surface area contributed by atoms with Gasteiger partial charge in [0.2, 0.25) is 0 Å². The predicted molar refractivity (Wildman–Crippen MR) is 52.7 cm³/mol. The van der Waals surface area contributed by atoms with E-state index in [0.29, 0.717) is 0 Å². The minimum atomic E-state index is 0.826. The summed E-state index contributed by atoms with van der Waals surface area (Å²) in [6.07, 6.45) is 0. The molecule has 0 radical (unpaired) electrons. The van der Waals surface area contributed by atoms with Crippen molar-refractivity contribution in [1.82, 2.24) is 0 Å². The molecule has 0 saturated heterocycles. The lowest BCUT2D eigenvalue weighted by Crippen LogP contribution is -1.85. The standard InChI is InChI=1S/C8H9BrOS/c1-5-7(9)3-6(10-2)4-8(5)11/h3-4,11H,1-2H3. The summed E-state index contributed by atoms with van der Waals surface area (Å²) in [4.78, 5) is 0.941. The lowest BCUT2D eigenvalue weighted by atomic mass is 10.2. The molecule has 1 rings (SSSR count). The number of benzene rings is 1. The highest BCUT2D eigenvalue weighted by Crippen LogP contribution is 2.28. The van der Waals surface area contributed by atoms with Crippen LogP contribution >= 0.6 is 28.6 Å². The second-order valence-corrected chi connectivity index (χ2v) is 3.59. The van der Waals surface area contributed by atoms with Crippen molar-refractivity contribution in [2.75, 3.05) is 7.11 Å². The van der Waals surface area contributed by atoms with E-state index >= 15 is 0 Å². The van der Waals surface area contributed by atoms with Crippen molar-refractivity contribution in [2.45, 2.75) is 11.8 Å².